The van der Waals surface area contributed by atoms with Crippen LogP contribution in [0.2, 0.25) is 0 Å². The van der Waals surface area contributed by atoms with Crippen LogP contribution in [-0.4, -0.2) is 22.3 Å². The number of carbonyl (C=O) groups excluding carboxylic acids is 1. The Hall–Kier alpha value is -1.88. The lowest BCUT2D eigenvalue weighted by atomic mass is 9.87. The number of nitrogens with two attached hydrogens (primary N) is 1. The topological polar surface area (TPSA) is 68.2 Å². The summed E-state index contributed by atoms with van der Waals surface area (Å²) in [5.41, 5.74) is 7.39. The molecule has 0 fully saturated rings. The second kappa shape index (κ2) is 4.35. The van der Waals surface area contributed by atoms with E-state index in [1.165, 1.54) is 10.6 Å². The van der Waals surface area contributed by atoms with Crippen molar-refractivity contribution in [3.8, 4) is 0 Å². The maximum atomic E-state index is 14.0. The molecule has 1 unspecified atom stereocenters. The van der Waals surface area contributed by atoms with E-state index >= 15 is 0 Å². The summed E-state index contributed by atoms with van der Waals surface area (Å²) in [5, 5.41) is 10.0. The molecule has 0 spiro atoms. The normalized spacial score (nSPS) is 18.5. The highest BCUT2D eigenvalue weighted by Crippen LogP contribution is 2.35. The van der Waals surface area contributed by atoms with Crippen LogP contribution in [0.4, 0.5) is 9.18 Å². The molecule has 1 aliphatic carbocycles. The molecule has 1 heterocycles. The van der Waals surface area contributed by atoms with Crippen LogP contribution in [0, 0.1) is 11.7 Å². The van der Waals surface area contributed by atoms with Gasteiger partial charge in [-0.05, 0) is 36.8 Å². The number of primary amides is 1. The number of aliphatic hydroxyl groups is 1. The number of aliphatic hydroxyl groups excluding tert-OH is 1. The number of hydrogen-bond donors (Lipinski definition) is 2. The van der Waals surface area contributed by atoms with E-state index < -0.39 is 11.8 Å². The van der Waals surface area contributed by atoms with Crippen molar-refractivity contribution in [2.45, 2.75) is 19.3 Å². The van der Waals surface area contributed by atoms with Crippen LogP contribution < -0.4 is 5.73 Å². The first-order valence-electron chi connectivity index (χ1n) is 6.34. The number of fused-ring (bicyclic) bond motifs is 3. The number of benzene rings is 1. The highest BCUT2D eigenvalue weighted by Gasteiger charge is 2.27. The summed E-state index contributed by atoms with van der Waals surface area (Å²) in [6, 6.07) is 4.11. The fraction of sp³-hybridized carbons (Fsp3) is 0.357. The predicted molar refractivity (Wildman–Crippen MR) is 69.5 cm³/mol. The van der Waals surface area contributed by atoms with Crippen molar-refractivity contribution in [2.24, 2.45) is 11.7 Å². The Balaban J connectivity index is 2.32. The van der Waals surface area contributed by atoms with Crippen molar-refractivity contribution in [1.29, 1.82) is 0 Å². The highest BCUT2D eigenvalue weighted by molar-refractivity contribution is 5.95. The van der Waals surface area contributed by atoms with Crippen molar-refractivity contribution in [2.75, 3.05) is 6.61 Å². The molecule has 0 saturated carbocycles. The van der Waals surface area contributed by atoms with Gasteiger partial charge in [0.2, 0.25) is 0 Å². The Morgan fingerprint density at radius 1 is 1.53 bits per heavy atom. The Morgan fingerprint density at radius 2 is 2.32 bits per heavy atom. The lowest BCUT2D eigenvalue weighted by Gasteiger charge is -2.21. The van der Waals surface area contributed by atoms with Gasteiger partial charge in [0.1, 0.15) is 5.82 Å². The van der Waals surface area contributed by atoms with E-state index in [-0.39, 0.29) is 18.0 Å². The van der Waals surface area contributed by atoms with Crippen LogP contribution in [0.5, 0.6) is 0 Å². The van der Waals surface area contributed by atoms with Gasteiger partial charge in [-0.3, -0.25) is 4.57 Å². The third-order valence-electron chi connectivity index (χ3n) is 3.91. The first-order valence-corrected chi connectivity index (χ1v) is 6.34. The molecule has 0 aliphatic heterocycles. The van der Waals surface area contributed by atoms with Crippen LogP contribution in [0.1, 0.15) is 17.7 Å². The number of rotatable bonds is 1. The monoisotopic (exact) mass is 262 g/mol. The summed E-state index contributed by atoms with van der Waals surface area (Å²) in [6.45, 7) is 0.109. The number of para-hydroxylation sites is 1. The molecule has 100 valence electrons. The van der Waals surface area contributed by atoms with Crippen molar-refractivity contribution in [3.05, 3.63) is 35.3 Å². The summed E-state index contributed by atoms with van der Waals surface area (Å²) in [6.07, 6.45) is 2.08. The molecular formula is C14H15FN2O2. The Bertz CT molecular complexity index is 663. The molecular weight excluding hydrogens is 247 g/mol. The van der Waals surface area contributed by atoms with E-state index in [1.807, 2.05) is 0 Å². The third-order valence-corrected chi connectivity index (χ3v) is 3.91. The number of aromatic nitrogens is 1. The highest BCUT2D eigenvalue weighted by atomic mass is 19.1. The lowest BCUT2D eigenvalue weighted by molar-refractivity contribution is 0.212. The van der Waals surface area contributed by atoms with Gasteiger partial charge < -0.3 is 10.8 Å². The Kier molecular flexibility index (Phi) is 2.78. The molecule has 5 heteroatoms. The molecule has 19 heavy (non-hydrogen) atoms. The molecule has 1 aromatic carbocycles. The van der Waals surface area contributed by atoms with Gasteiger partial charge >= 0.3 is 6.03 Å². The zero-order valence-electron chi connectivity index (χ0n) is 10.4. The number of nitrogens with zero attached hydrogens (tertiary/aromatic N) is 1. The quantitative estimate of drug-likeness (QED) is 0.823. The number of halogens is 1. The third kappa shape index (κ3) is 1.73. The molecule has 3 rings (SSSR count). The molecule has 0 bridgehead atoms. The van der Waals surface area contributed by atoms with Gasteiger partial charge in [-0.2, -0.15) is 0 Å². The van der Waals surface area contributed by atoms with Crippen molar-refractivity contribution in [1.82, 2.24) is 4.57 Å². The SMILES string of the molecule is NC(=O)n1c2c(c3cccc(F)c31)CC(CO)CC2. The van der Waals surface area contributed by atoms with Gasteiger partial charge in [0, 0.05) is 17.7 Å². The zero-order chi connectivity index (χ0) is 13.6. The largest absolute Gasteiger partial charge is 0.396 e. The first-order chi connectivity index (χ1) is 9.13. The Morgan fingerprint density at radius 3 is 3.00 bits per heavy atom. The lowest BCUT2D eigenvalue weighted by Crippen LogP contribution is -2.25. The van der Waals surface area contributed by atoms with E-state index in [0.717, 1.165) is 23.1 Å². The summed E-state index contributed by atoms with van der Waals surface area (Å²) < 4.78 is 15.3. The first kappa shape index (κ1) is 12.2. The number of carbonyl (C=O) groups is 1. The van der Waals surface area contributed by atoms with E-state index in [9.17, 15) is 14.3 Å². The van der Waals surface area contributed by atoms with E-state index in [4.69, 9.17) is 5.73 Å². The molecule has 1 amide bonds. The van der Waals surface area contributed by atoms with Gasteiger partial charge in [0.25, 0.3) is 0 Å². The van der Waals surface area contributed by atoms with Gasteiger partial charge in [-0.25, -0.2) is 9.18 Å². The standard InChI is InChI=1S/C14H15FN2O2/c15-11-3-1-2-9-10-6-8(7-18)4-5-12(10)17(13(9)11)14(16)19/h1-3,8,18H,4-7H2,(H2,16,19). The minimum atomic E-state index is -0.654. The van der Waals surface area contributed by atoms with E-state index in [1.54, 1.807) is 12.1 Å². The van der Waals surface area contributed by atoms with Crippen molar-refractivity contribution < 1.29 is 14.3 Å². The second-order valence-electron chi connectivity index (χ2n) is 5.03. The molecule has 1 atom stereocenters. The van der Waals surface area contributed by atoms with Crippen LogP contribution >= 0.6 is 0 Å². The fourth-order valence-electron chi connectivity index (χ4n) is 3.03. The van der Waals surface area contributed by atoms with Crippen LogP contribution in [-0.2, 0) is 12.8 Å². The predicted octanol–water partition coefficient (Wildman–Crippen LogP) is 1.80. The average Bonchev–Trinajstić information content (AvgIpc) is 2.74. The molecule has 1 aromatic heterocycles. The van der Waals surface area contributed by atoms with Crippen molar-refractivity contribution >= 4 is 16.9 Å². The van der Waals surface area contributed by atoms with E-state index in [2.05, 4.69) is 0 Å². The second-order valence-corrected chi connectivity index (χ2v) is 5.03. The van der Waals surface area contributed by atoms with Crippen LogP contribution in [0.3, 0.4) is 0 Å². The van der Waals surface area contributed by atoms with Crippen molar-refractivity contribution in [3.63, 3.8) is 0 Å². The van der Waals surface area contributed by atoms with Gasteiger partial charge in [0.05, 0.1) is 5.52 Å². The van der Waals surface area contributed by atoms with E-state index in [0.29, 0.717) is 12.8 Å². The minimum Gasteiger partial charge on any atom is -0.396 e. The molecule has 0 radical (unpaired) electrons. The maximum Gasteiger partial charge on any atom is 0.323 e. The molecule has 4 nitrogen and oxygen atoms in total. The number of amides is 1. The summed E-state index contributed by atoms with van der Waals surface area (Å²) in [4.78, 5) is 11.6. The smallest absolute Gasteiger partial charge is 0.323 e. The maximum absolute atomic E-state index is 14.0. The molecule has 3 N–H and O–H groups in total. The average molecular weight is 262 g/mol. The minimum absolute atomic E-state index is 0.109. The van der Waals surface area contributed by atoms with Gasteiger partial charge in [0.15, 0.2) is 0 Å². The van der Waals surface area contributed by atoms with Gasteiger partial charge in [-0.15, -0.1) is 0 Å². The summed E-state index contributed by atoms with van der Waals surface area (Å²) in [7, 11) is 0. The summed E-state index contributed by atoms with van der Waals surface area (Å²) >= 11 is 0. The zero-order valence-corrected chi connectivity index (χ0v) is 10.4. The molecule has 1 aliphatic rings. The Labute approximate surface area is 109 Å². The van der Waals surface area contributed by atoms with Gasteiger partial charge in [-0.1, -0.05) is 12.1 Å². The van der Waals surface area contributed by atoms with Crippen LogP contribution in [0.15, 0.2) is 18.2 Å². The molecule has 2 aromatic rings. The fourth-order valence-corrected chi connectivity index (χ4v) is 3.03. The van der Waals surface area contributed by atoms with Crippen LogP contribution in [0.25, 0.3) is 10.9 Å². The number of hydrogen-bond acceptors (Lipinski definition) is 2. The summed E-state index contributed by atoms with van der Waals surface area (Å²) in [5.74, 6) is -0.269. The molecule has 0 saturated heterocycles.